The molecule has 0 radical (unpaired) electrons. The van der Waals surface area contributed by atoms with Crippen LogP contribution >= 0.6 is 0 Å². The third-order valence-electron chi connectivity index (χ3n) is 1.64. The molecule has 0 unspecified atom stereocenters. The van der Waals surface area contributed by atoms with Gasteiger partial charge in [0.25, 0.3) is 0 Å². The van der Waals surface area contributed by atoms with E-state index < -0.39 is 11.7 Å². The largest absolute Gasteiger partial charge is 0.457 e. The van der Waals surface area contributed by atoms with E-state index in [4.69, 9.17) is 16.0 Å². The second-order valence-electron chi connectivity index (χ2n) is 2.81. The highest BCUT2D eigenvalue weighted by atomic mass is 19.4. The second-order valence-corrected chi connectivity index (χ2v) is 2.81. The van der Waals surface area contributed by atoms with E-state index in [0.29, 0.717) is 12.4 Å². The van der Waals surface area contributed by atoms with Gasteiger partial charge in [0.05, 0.1) is 5.56 Å². The van der Waals surface area contributed by atoms with Crippen molar-refractivity contribution in [1.29, 1.82) is 5.53 Å². The molecule has 1 aromatic rings. The summed E-state index contributed by atoms with van der Waals surface area (Å²) in [5.41, 5.74) is 10.9. The van der Waals surface area contributed by atoms with Crippen LogP contribution in [0.3, 0.4) is 0 Å². The van der Waals surface area contributed by atoms with Crippen LogP contribution in [0.25, 0.3) is 0 Å². The van der Waals surface area contributed by atoms with Gasteiger partial charge in [-0.15, -0.1) is 0 Å². The molecule has 0 fully saturated rings. The fraction of sp³-hybridized carbons (Fsp3) is 0.250. The van der Waals surface area contributed by atoms with Gasteiger partial charge in [-0.2, -0.15) is 18.3 Å². The fourth-order valence-corrected chi connectivity index (χ4v) is 0.793. The summed E-state index contributed by atoms with van der Waals surface area (Å²) in [5.74, 6) is 0. The highest BCUT2D eigenvalue weighted by molar-refractivity contribution is 5.11. The van der Waals surface area contributed by atoms with Crippen molar-refractivity contribution in [3.05, 3.63) is 29.9 Å². The Morgan fingerprint density at radius 3 is 2.47 bits per heavy atom. The molecular formula is C8H8F3N5O. The summed E-state index contributed by atoms with van der Waals surface area (Å²) in [6.07, 6.45) is -2.24. The molecule has 1 heterocycles. The Morgan fingerprint density at radius 2 is 2.06 bits per heavy atom. The lowest BCUT2D eigenvalue weighted by atomic mass is 10.3. The van der Waals surface area contributed by atoms with E-state index >= 15 is 0 Å². The maximum Gasteiger partial charge on any atom is 0.419 e. The number of aromatic nitrogens is 2. The van der Waals surface area contributed by atoms with Gasteiger partial charge < -0.3 is 10.5 Å². The highest BCUT2D eigenvalue weighted by Crippen LogP contribution is 2.28. The van der Waals surface area contributed by atoms with Crippen LogP contribution in [0.4, 0.5) is 13.2 Å². The monoisotopic (exact) mass is 247 g/mol. The molecule has 0 aliphatic rings. The highest BCUT2D eigenvalue weighted by Gasteiger charge is 2.31. The third kappa shape index (κ3) is 3.70. The molecule has 0 aliphatic carbocycles. The zero-order chi connectivity index (χ0) is 12.9. The van der Waals surface area contributed by atoms with E-state index in [1.54, 1.807) is 0 Å². The summed E-state index contributed by atoms with van der Waals surface area (Å²) in [5, 5.41) is 3.00. The Morgan fingerprint density at radius 1 is 1.47 bits per heavy atom. The lowest BCUT2D eigenvalue weighted by Gasteiger charge is -2.06. The molecule has 1 rings (SSSR count). The van der Waals surface area contributed by atoms with Gasteiger partial charge in [0.15, 0.2) is 0 Å². The minimum Gasteiger partial charge on any atom is -0.457 e. The maximum absolute atomic E-state index is 12.2. The fourth-order valence-electron chi connectivity index (χ4n) is 0.793. The van der Waals surface area contributed by atoms with Crippen molar-refractivity contribution in [1.82, 2.24) is 9.97 Å². The number of rotatable bonds is 4. The first-order chi connectivity index (χ1) is 7.97. The van der Waals surface area contributed by atoms with Crippen molar-refractivity contribution in [2.75, 3.05) is 6.61 Å². The van der Waals surface area contributed by atoms with E-state index in [1.807, 2.05) is 0 Å². The van der Waals surface area contributed by atoms with Gasteiger partial charge in [-0.05, 0) is 0 Å². The number of ether oxygens (including phenoxy) is 1. The summed E-state index contributed by atoms with van der Waals surface area (Å²) in [6.45, 7) is -0.189. The summed E-state index contributed by atoms with van der Waals surface area (Å²) < 4.78 is 41.3. The first kappa shape index (κ1) is 12.9. The van der Waals surface area contributed by atoms with Gasteiger partial charge >= 0.3 is 12.2 Å². The Kier molecular flexibility index (Phi) is 3.96. The van der Waals surface area contributed by atoms with Gasteiger partial charge in [-0.1, -0.05) is 0 Å². The van der Waals surface area contributed by atoms with E-state index in [-0.39, 0.29) is 18.3 Å². The standard InChI is InChI=1S/C8H8F3N5O/c9-8(10,11)5-2-14-7(15-3-5)17-4-6(1-12)16-13/h1-3,13H,4,12H2/b6-1-,16-13?. The van der Waals surface area contributed by atoms with Gasteiger partial charge in [0.1, 0.15) is 12.3 Å². The van der Waals surface area contributed by atoms with Crippen molar-refractivity contribution < 1.29 is 17.9 Å². The predicted molar refractivity (Wildman–Crippen MR) is 49.9 cm³/mol. The van der Waals surface area contributed by atoms with Crippen LogP contribution in [-0.2, 0) is 6.18 Å². The number of hydrogen-bond donors (Lipinski definition) is 2. The number of hydrogen-bond acceptors (Lipinski definition) is 6. The SMILES string of the molecule is N=N/C(=C\N)COc1ncc(C(F)(F)F)cn1. The van der Waals surface area contributed by atoms with Crippen LogP contribution in [0.15, 0.2) is 29.4 Å². The van der Waals surface area contributed by atoms with Crippen molar-refractivity contribution in [2.24, 2.45) is 10.8 Å². The number of nitrogens with one attached hydrogen (secondary N) is 1. The molecular weight excluding hydrogens is 239 g/mol. The first-order valence-corrected chi connectivity index (χ1v) is 4.27. The average Bonchev–Trinajstić information content (AvgIpc) is 2.30. The van der Waals surface area contributed by atoms with Crippen LogP contribution in [-0.4, -0.2) is 16.6 Å². The first-order valence-electron chi connectivity index (χ1n) is 4.27. The molecule has 0 saturated heterocycles. The number of nitrogens with two attached hydrogens (primary N) is 1. The molecule has 0 saturated carbocycles. The molecule has 3 N–H and O–H groups in total. The van der Waals surface area contributed by atoms with E-state index in [9.17, 15) is 13.2 Å². The molecule has 0 aromatic carbocycles. The van der Waals surface area contributed by atoms with Crippen molar-refractivity contribution >= 4 is 0 Å². The van der Waals surface area contributed by atoms with Crippen molar-refractivity contribution in [2.45, 2.75) is 6.18 Å². The van der Waals surface area contributed by atoms with E-state index in [0.717, 1.165) is 6.20 Å². The number of nitrogens with zero attached hydrogens (tertiary/aromatic N) is 3. The Balaban J connectivity index is 2.66. The number of alkyl halides is 3. The Bertz CT molecular complexity index is 414. The van der Waals surface area contributed by atoms with Gasteiger partial charge in [0.2, 0.25) is 0 Å². The lowest BCUT2D eigenvalue weighted by Crippen LogP contribution is -2.08. The molecule has 0 aliphatic heterocycles. The maximum atomic E-state index is 12.2. The van der Waals surface area contributed by atoms with Crippen LogP contribution in [0.5, 0.6) is 6.01 Å². The normalized spacial score (nSPS) is 12.3. The quantitative estimate of drug-likeness (QED) is 0.791. The van der Waals surface area contributed by atoms with Crippen LogP contribution in [0, 0.1) is 5.53 Å². The Labute approximate surface area is 93.8 Å². The zero-order valence-corrected chi connectivity index (χ0v) is 8.40. The molecule has 17 heavy (non-hydrogen) atoms. The summed E-state index contributed by atoms with van der Waals surface area (Å²) >= 11 is 0. The predicted octanol–water partition coefficient (Wildman–Crippen LogP) is 1.71. The summed E-state index contributed by atoms with van der Waals surface area (Å²) in [7, 11) is 0. The lowest BCUT2D eigenvalue weighted by molar-refractivity contribution is -0.138. The molecule has 1 aromatic heterocycles. The minimum absolute atomic E-state index is 0.105. The molecule has 0 atom stereocenters. The smallest absolute Gasteiger partial charge is 0.419 e. The third-order valence-corrected chi connectivity index (χ3v) is 1.64. The molecule has 0 spiro atoms. The summed E-state index contributed by atoms with van der Waals surface area (Å²) in [4.78, 5) is 6.72. The molecule has 6 nitrogen and oxygen atoms in total. The van der Waals surface area contributed by atoms with Gasteiger partial charge in [-0.25, -0.2) is 15.5 Å². The van der Waals surface area contributed by atoms with Gasteiger partial charge in [0, 0.05) is 18.6 Å². The molecule has 0 bridgehead atoms. The topological polar surface area (TPSA) is 97.2 Å². The molecule has 0 amide bonds. The average molecular weight is 247 g/mol. The summed E-state index contributed by atoms with van der Waals surface area (Å²) in [6, 6.07) is -0.249. The van der Waals surface area contributed by atoms with Crippen molar-refractivity contribution in [3.8, 4) is 6.01 Å². The van der Waals surface area contributed by atoms with Crippen LogP contribution in [0.2, 0.25) is 0 Å². The van der Waals surface area contributed by atoms with Crippen molar-refractivity contribution in [3.63, 3.8) is 0 Å². The molecule has 9 heteroatoms. The molecule has 92 valence electrons. The Hall–Kier alpha value is -2.19. The zero-order valence-electron chi connectivity index (χ0n) is 8.40. The van der Waals surface area contributed by atoms with E-state index in [1.165, 1.54) is 0 Å². The minimum atomic E-state index is -4.49. The van der Waals surface area contributed by atoms with Gasteiger partial charge in [-0.3, -0.25) is 0 Å². The van der Waals surface area contributed by atoms with Crippen LogP contribution in [0.1, 0.15) is 5.56 Å². The number of halogens is 3. The van der Waals surface area contributed by atoms with E-state index in [2.05, 4.69) is 15.1 Å². The van der Waals surface area contributed by atoms with Crippen LogP contribution < -0.4 is 10.5 Å². The second kappa shape index (κ2) is 5.23.